The van der Waals surface area contributed by atoms with Gasteiger partial charge >= 0.3 is 0 Å². The Hall–Kier alpha value is -2.26. The zero-order valence-corrected chi connectivity index (χ0v) is 16.7. The van der Waals surface area contributed by atoms with Crippen LogP contribution in [0.25, 0.3) is 0 Å². The predicted molar refractivity (Wildman–Crippen MR) is 103 cm³/mol. The molecule has 1 atom stereocenters. The molecule has 28 heavy (non-hydrogen) atoms. The lowest BCUT2D eigenvalue weighted by molar-refractivity contribution is -0.141. The molecule has 2 N–H and O–H groups in total. The predicted octanol–water partition coefficient (Wildman–Crippen LogP) is 1.54. The van der Waals surface area contributed by atoms with Crippen LogP contribution in [0.4, 0.5) is 5.69 Å². The first-order valence-electron chi connectivity index (χ1n) is 9.55. The number of benzene rings is 1. The van der Waals surface area contributed by atoms with Crippen molar-refractivity contribution in [1.82, 2.24) is 4.90 Å². The summed E-state index contributed by atoms with van der Waals surface area (Å²) in [4.78, 5) is 41.0. The van der Waals surface area contributed by atoms with Crippen molar-refractivity contribution < 1.29 is 22.8 Å². The van der Waals surface area contributed by atoms with Gasteiger partial charge < -0.3 is 4.90 Å². The van der Waals surface area contributed by atoms with Crippen molar-refractivity contribution in [2.24, 2.45) is 5.14 Å². The number of nitrogens with two attached hydrogens (primary N) is 1. The van der Waals surface area contributed by atoms with Gasteiger partial charge in [0, 0.05) is 12.5 Å². The fraction of sp³-hybridized carbons (Fsp3) is 0.526. The average Bonchev–Trinajstić information content (AvgIpc) is 3.24. The van der Waals surface area contributed by atoms with Crippen molar-refractivity contribution in [2.75, 3.05) is 4.90 Å². The van der Waals surface area contributed by atoms with Crippen LogP contribution >= 0.6 is 0 Å². The van der Waals surface area contributed by atoms with Gasteiger partial charge in [0.05, 0.1) is 17.0 Å². The van der Waals surface area contributed by atoms with Crippen LogP contribution in [-0.4, -0.2) is 43.1 Å². The molecular formula is C19H25N3O5S. The third kappa shape index (κ3) is 3.95. The second kappa shape index (κ2) is 8.00. The highest BCUT2D eigenvalue weighted by atomic mass is 32.2. The van der Waals surface area contributed by atoms with E-state index < -0.39 is 27.9 Å². The Morgan fingerprint density at radius 3 is 2.32 bits per heavy atom. The van der Waals surface area contributed by atoms with Crippen LogP contribution in [0.15, 0.2) is 29.2 Å². The minimum absolute atomic E-state index is 0.00879. The largest absolute Gasteiger partial charge is 0.327 e. The first-order chi connectivity index (χ1) is 13.2. The minimum atomic E-state index is -3.86. The molecule has 0 aromatic heterocycles. The SMILES string of the molecule is CCCC(=O)N(C1CCCC1)C1CC(=O)N(c2ccc(S(N)(=O)=O)cc2)C1=O. The number of nitrogens with zero attached hydrogens (tertiary/aromatic N) is 2. The van der Waals surface area contributed by atoms with Crippen molar-refractivity contribution in [1.29, 1.82) is 0 Å². The third-order valence-electron chi connectivity index (χ3n) is 5.35. The molecule has 1 saturated heterocycles. The zero-order chi connectivity index (χ0) is 20.5. The zero-order valence-electron chi connectivity index (χ0n) is 15.8. The number of anilines is 1. The lowest BCUT2D eigenvalue weighted by Gasteiger charge is -2.33. The highest BCUT2D eigenvalue weighted by molar-refractivity contribution is 7.89. The highest BCUT2D eigenvalue weighted by Gasteiger charge is 2.46. The van der Waals surface area contributed by atoms with Crippen molar-refractivity contribution in [3.8, 4) is 0 Å². The number of carbonyl (C=O) groups is 3. The number of amides is 3. The van der Waals surface area contributed by atoms with Gasteiger partial charge in [-0.1, -0.05) is 19.8 Å². The summed E-state index contributed by atoms with van der Waals surface area (Å²) in [5.74, 6) is -0.928. The second-order valence-electron chi connectivity index (χ2n) is 7.32. The molecule has 1 unspecified atom stereocenters. The summed E-state index contributed by atoms with van der Waals surface area (Å²) in [5.41, 5.74) is 0.277. The van der Waals surface area contributed by atoms with Crippen molar-refractivity contribution in [3.05, 3.63) is 24.3 Å². The molecule has 1 aromatic rings. The van der Waals surface area contributed by atoms with Crippen molar-refractivity contribution in [2.45, 2.75) is 68.8 Å². The number of primary sulfonamides is 1. The van der Waals surface area contributed by atoms with Crippen molar-refractivity contribution >= 4 is 33.4 Å². The van der Waals surface area contributed by atoms with Gasteiger partial charge in [0.15, 0.2) is 0 Å². The number of rotatable bonds is 6. The fourth-order valence-corrected chi connectivity index (χ4v) is 4.56. The Morgan fingerprint density at radius 1 is 1.18 bits per heavy atom. The monoisotopic (exact) mass is 407 g/mol. The molecule has 1 saturated carbocycles. The number of sulfonamides is 1. The molecule has 3 rings (SSSR count). The topological polar surface area (TPSA) is 118 Å². The Balaban J connectivity index is 1.88. The summed E-state index contributed by atoms with van der Waals surface area (Å²) in [7, 11) is -3.86. The quantitative estimate of drug-likeness (QED) is 0.718. The molecule has 3 amide bonds. The number of hydrogen-bond donors (Lipinski definition) is 1. The first-order valence-corrected chi connectivity index (χ1v) is 11.1. The van der Waals surface area contributed by atoms with E-state index in [0.717, 1.165) is 30.6 Å². The van der Waals surface area contributed by atoms with Gasteiger partial charge in [-0.25, -0.2) is 18.5 Å². The van der Waals surface area contributed by atoms with E-state index in [1.165, 1.54) is 24.3 Å². The molecule has 0 spiro atoms. The molecular weight excluding hydrogens is 382 g/mol. The maximum atomic E-state index is 13.1. The Morgan fingerprint density at radius 2 is 1.79 bits per heavy atom. The Kier molecular flexibility index (Phi) is 5.85. The normalized spacial score (nSPS) is 20.8. The molecule has 0 radical (unpaired) electrons. The standard InChI is InChI=1S/C19H25N3O5S/c1-2-5-17(23)21(13-6-3-4-7-13)16-12-18(24)22(19(16)25)14-8-10-15(11-9-14)28(20,26)27/h8-11,13,16H,2-7,12H2,1H3,(H2,20,26,27). The summed E-state index contributed by atoms with van der Waals surface area (Å²) in [6.07, 6.45) is 4.67. The van der Waals surface area contributed by atoms with E-state index >= 15 is 0 Å². The van der Waals surface area contributed by atoms with E-state index in [1.54, 1.807) is 4.90 Å². The van der Waals surface area contributed by atoms with Gasteiger partial charge in [-0.3, -0.25) is 14.4 Å². The van der Waals surface area contributed by atoms with E-state index in [4.69, 9.17) is 5.14 Å². The highest BCUT2D eigenvalue weighted by Crippen LogP contribution is 2.32. The van der Waals surface area contributed by atoms with Gasteiger partial charge in [0.25, 0.3) is 5.91 Å². The molecule has 152 valence electrons. The molecule has 1 aliphatic heterocycles. The van der Waals surface area contributed by atoms with Crippen LogP contribution in [0, 0.1) is 0 Å². The van der Waals surface area contributed by atoms with Crippen LogP contribution in [0.5, 0.6) is 0 Å². The maximum Gasteiger partial charge on any atom is 0.257 e. The Bertz CT molecular complexity index is 875. The smallest absolute Gasteiger partial charge is 0.257 e. The summed E-state index contributed by atoms with van der Waals surface area (Å²) >= 11 is 0. The molecule has 8 nitrogen and oxygen atoms in total. The third-order valence-corrected chi connectivity index (χ3v) is 6.28. The van der Waals surface area contributed by atoms with Crippen LogP contribution in [-0.2, 0) is 24.4 Å². The van der Waals surface area contributed by atoms with Crippen LogP contribution in [0.1, 0.15) is 51.9 Å². The molecule has 0 bridgehead atoms. The molecule has 1 aliphatic carbocycles. The maximum absolute atomic E-state index is 13.1. The van der Waals surface area contributed by atoms with Crippen LogP contribution in [0.2, 0.25) is 0 Å². The van der Waals surface area contributed by atoms with E-state index in [-0.39, 0.29) is 29.0 Å². The second-order valence-corrected chi connectivity index (χ2v) is 8.88. The average molecular weight is 407 g/mol. The van der Waals surface area contributed by atoms with Crippen LogP contribution < -0.4 is 10.0 Å². The summed E-state index contributed by atoms with van der Waals surface area (Å²) < 4.78 is 22.8. The molecule has 1 aromatic carbocycles. The Labute approximate surface area is 164 Å². The number of hydrogen-bond acceptors (Lipinski definition) is 5. The number of imide groups is 1. The summed E-state index contributed by atoms with van der Waals surface area (Å²) in [6, 6.07) is 4.47. The molecule has 2 aliphatic rings. The van der Waals surface area contributed by atoms with E-state index in [1.807, 2.05) is 6.92 Å². The molecule has 9 heteroatoms. The van der Waals surface area contributed by atoms with Gasteiger partial charge in [-0.2, -0.15) is 0 Å². The summed E-state index contributed by atoms with van der Waals surface area (Å²) in [6.45, 7) is 1.91. The van der Waals surface area contributed by atoms with E-state index in [9.17, 15) is 22.8 Å². The molecule has 2 fully saturated rings. The summed E-state index contributed by atoms with van der Waals surface area (Å²) in [5, 5.41) is 5.09. The first kappa shape index (κ1) is 20.5. The molecule has 1 heterocycles. The van der Waals surface area contributed by atoms with E-state index in [2.05, 4.69) is 0 Å². The van der Waals surface area contributed by atoms with Crippen LogP contribution in [0.3, 0.4) is 0 Å². The van der Waals surface area contributed by atoms with Crippen molar-refractivity contribution in [3.63, 3.8) is 0 Å². The lowest BCUT2D eigenvalue weighted by atomic mass is 10.1. The van der Waals surface area contributed by atoms with Gasteiger partial charge in [-0.15, -0.1) is 0 Å². The minimum Gasteiger partial charge on any atom is -0.327 e. The fourth-order valence-electron chi connectivity index (χ4n) is 4.05. The van der Waals surface area contributed by atoms with Gasteiger partial charge in [0.1, 0.15) is 6.04 Å². The number of carbonyl (C=O) groups excluding carboxylic acids is 3. The van der Waals surface area contributed by atoms with E-state index in [0.29, 0.717) is 12.8 Å². The lowest BCUT2D eigenvalue weighted by Crippen LogP contribution is -2.50. The van der Waals surface area contributed by atoms with Gasteiger partial charge in [-0.05, 0) is 43.5 Å². The van der Waals surface area contributed by atoms with Gasteiger partial charge in [0.2, 0.25) is 21.8 Å².